The fourth-order valence-electron chi connectivity index (χ4n) is 1.37. The van der Waals surface area contributed by atoms with E-state index in [2.05, 4.69) is 6.92 Å². The second kappa shape index (κ2) is 10.7. The second-order valence-corrected chi connectivity index (χ2v) is 3.43. The number of phenolic OH excluding ortho intramolecular Hbond substituents is 1. The monoisotopic (exact) mass is 264 g/mol. The number of phenols is 1. The summed E-state index contributed by atoms with van der Waals surface area (Å²) in [6.07, 6.45) is 0.987. The number of hydrogen-bond donors (Lipinski definition) is 1. The van der Waals surface area contributed by atoms with Gasteiger partial charge >= 0.3 is 37.7 Å². The third-order valence-corrected chi connectivity index (χ3v) is 2.17. The average Bonchev–Trinajstić information content (AvgIpc) is 2.16. The van der Waals surface area contributed by atoms with Gasteiger partial charge in [-0.25, -0.2) is 0 Å². The SMILES string of the molecule is CCCCc1c(C)cccc1O.O=C([O-])[O-].[Ca+2]. The van der Waals surface area contributed by atoms with Crippen LogP contribution in [0, 0.1) is 6.92 Å². The van der Waals surface area contributed by atoms with E-state index in [-0.39, 0.29) is 37.7 Å². The molecule has 0 saturated heterocycles. The van der Waals surface area contributed by atoms with Crippen LogP contribution in [0.3, 0.4) is 0 Å². The molecule has 1 aromatic rings. The van der Waals surface area contributed by atoms with Crippen molar-refractivity contribution in [2.75, 3.05) is 0 Å². The fraction of sp³-hybridized carbons (Fsp3) is 0.417. The Morgan fingerprint density at radius 2 is 1.88 bits per heavy atom. The Kier molecular flexibility index (Phi) is 11.9. The predicted octanol–water partition coefficient (Wildman–Crippen LogP) is 0.215. The molecule has 0 heterocycles. The minimum absolute atomic E-state index is 0. The molecule has 90 valence electrons. The molecular weight excluding hydrogens is 248 g/mol. The first kappa shape index (κ1) is 18.9. The topological polar surface area (TPSA) is 83.4 Å². The summed E-state index contributed by atoms with van der Waals surface area (Å²) in [6, 6.07) is 5.70. The Labute approximate surface area is 131 Å². The number of aromatic hydroxyl groups is 1. The zero-order chi connectivity index (χ0) is 12.6. The van der Waals surface area contributed by atoms with Gasteiger partial charge in [-0.15, -0.1) is 0 Å². The van der Waals surface area contributed by atoms with Crippen LogP contribution in [-0.4, -0.2) is 49.0 Å². The van der Waals surface area contributed by atoms with Crippen molar-refractivity contribution in [2.45, 2.75) is 33.1 Å². The number of unbranched alkanes of at least 4 members (excludes halogenated alkanes) is 1. The van der Waals surface area contributed by atoms with Crippen LogP contribution in [0.15, 0.2) is 18.2 Å². The van der Waals surface area contributed by atoms with E-state index in [1.54, 1.807) is 6.07 Å². The third kappa shape index (κ3) is 9.27. The van der Waals surface area contributed by atoms with Gasteiger partial charge in [0.2, 0.25) is 0 Å². The minimum Gasteiger partial charge on any atom is -0.652 e. The van der Waals surface area contributed by atoms with Crippen LogP contribution in [-0.2, 0) is 6.42 Å². The largest absolute Gasteiger partial charge is 2.00 e. The van der Waals surface area contributed by atoms with Gasteiger partial charge in [0.05, 0.1) is 0 Å². The summed E-state index contributed by atoms with van der Waals surface area (Å²) in [5, 5.41) is 26.2. The predicted molar refractivity (Wildman–Crippen MR) is 62.6 cm³/mol. The Bertz CT molecular complexity index is 315. The molecule has 0 unspecified atom stereocenters. The standard InChI is InChI=1S/C11H16O.CH2O3.Ca/c1-3-4-7-10-9(2)6-5-8-11(10)12;2-1(3)4;/h5-6,8,12H,3-4,7H2,1-2H3;(H2,2,3,4);/q;;+2/p-2. The molecule has 0 aliphatic carbocycles. The van der Waals surface area contributed by atoms with Gasteiger partial charge in [0.1, 0.15) is 5.75 Å². The second-order valence-electron chi connectivity index (χ2n) is 3.43. The average molecular weight is 264 g/mol. The van der Waals surface area contributed by atoms with E-state index in [1.807, 2.05) is 19.1 Å². The van der Waals surface area contributed by atoms with Crippen LogP contribution < -0.4 is 10.2 Å². The van der Waals surface area contributed by atoms with Crippen molar-refractivity contribution >= 4 is 43.9 Å². The molecule has 17 heavy (non-hydrogen) atoms. The van der Waals surface area contributed by atoms with Crippen LogP contribution >= 0.6 is 0 Å². The Balaban J connectivity index is 0. The van der Waals surface area contributed by atoms with Crippen molar-refractivity contribution in [3.63, 3.8) is 0 Å². The Hall–Kier alpha value is -0.450. The van der Waals surface area contributed by atoms with E-state index in [4.69, 9.17) is 15.0 Å². The maximum Gasteiger partial charge on any atom is 2.00 e. The smallest absolute Gasteiger partial charge is 0.652 e. The van der Waals surface area contributed by atoms with Crippen molar-refractivity contribution in [3.8, 4) is 5.75 Å². The molecule has 5 heteroatoms. The minimum atomic E-state index is -2.33. The van der Waals surface area contributed by atoms with E-state index in [9.17, 15) is 5.11 Å². The van der Waals surface area contributed by atoms with E-state index in [0.717, 1.165) is 18.4 Å². The van der Waals surface area contributed by atoms with Gasteiger partial charge in [0.15, 0.2) is 0 Å². The summed E-state index contributed by atoms with van der Waals surface area (Å²) in [5.41, 5.74) is 2.31. The van der Waals surface area contributed by atoms with Crippen LogP contribution in [0.5, 0.6) is 5.75 Å². The number of aryl methyl sites for hydroxylation is 1. The summed E-state index contributed by atoms with van der Waals surface area (Å²) >= 11 is 0. The van der Waals surface area contributed by atoms with Gasteiger partial charge < -0.3 is 20.1 Å². The molecule has 0 bridgehead atoms. The molecule has 0 amide bonds. The Morgan fingerprint density at radius 3 is 2.29 bits per heavy atom. The zero-order valence-corrected chi connectivity index (χ0v) is 12.4. The van der Waals surface area contributed by atoms with Crippen molar-refractivity contribution < 1.29 is 20.1 Å². The van der Waals surface area contributed by atoms with E-state index < -0.39 is 6.16 Å². The molecule has 1 rings (SSSR count). The number of carboxylic acid groups (broad SMARTS) is 2. The summed E-state index contributed by atoms with van der Waals surface area (Å²) in [6.45, 7) is 4.21. The van der Waals surface area contributed by atoms with E-state index in [0.29, 0.717) is 5.75 Å². The molecule has 0 radical (unpaired) electrons. The van der Waals surface area contributed by atoms with Crippen molar-refractivity contribution in [1.29, 1.82) is 0 Å². The normalized spacial score (nSPS) is 8.59. The van der Waals surface area contributed by atoms with Gasteiger partial charge in [-0.1, -0.05) is 25.5 Å². The molecule has 0 atom stereocenters. The van der Waals surface area contributed by atoms with Gasteiger partial charge in [-0.3, -0.25) is 0 Å². The first-order valence-corrected chi connectivity index (χ1v) is 5.14. The third-order valence-electron chi connectivity index (χ3n) is 2.17. The molecule has 0 aromatic heterocycles. The number of hydrogen-bond acceptors (Lipinski definition) is 4. The maximum absolute atomic E-state index is 9.52. The maximum atomic E-state index is 9.52. The van der Waals surface area contributed by atoms with Crippen LogP contribution in [0.25, 0.3) is 0 Å². The zero-order valence-electron chi connectivity index (χ0n) is 10.2. The fourth-order valence-corrected chi connectivity index (χ4v) is 1.37. The summed E-state index contributed by atoms with van der Waals surface area (Å²) in [4.78, 5) is 8.33. The van der Waals surface area contributed by atoms with E-state index >= 15 is 0 Å². The molecule has 0 aliphatic heterocycles. The van der Waals surface area contributed by atoms with Gasteiger partial charge in [0, 0.05) is 0 Å². The Morgan fingerprint density at radius 1 is 1.35 bits per heavy atom. The first-order valence-electron chi connectivity index (χ1n) is 5.14. The van der Waals surface area contributed by atoms with Crippen LogP contribution in [0.4, 0.5) is 4.79 Å². The van der Waals surface area contributed by atoms with Crippen molar-refractivity contribution in [2.24, 2.45) is 0 Å². The summed E-state index contributed by atoms with van der Waals surface area (Å²) < 4.78 is 0. The molecule has 1 aromatic carbocycles. The molecule has 0 fully saturated rings. The molecule has 1 N–H and O–H groups in total. The quantitative estimate of drug-likeness (QED) is 0.791. The first-order chi connectivity index (χ1) is 7.49. The van der Waals surface area contributed by atoms with Gasteiger partial charge in [-0.05, 0) is 43.1 Å². The van der Waals surface area contributed by atoms with Gasteiger partial charge in [-0.2, -0.15) is 0 Å². The number of rotatable bonds is 3. The molecule has 0 spiro atoms. The number of carbonyl (C=O) groups excluding carboxylic acids is 1. The molecule has 4 nitrogen and oxygen atoms in total. The van der Waals surface area contributed by atoms with Crippen LogP contribution in [0.2, 0.25) is 0 Å². The van der Waals surface area contributed by atoms with E-state index in [1.165, 1.54) is 12.0 Å². The van der Waals surface area contributed by atoms with Crippen molar-refractivity contribution in [1.82, 2.24) is 0 Å². The molecule has 0 saturated carbocycles. The van der Waals surface area contributed by atoms with Gasteiger partial charge in [0.25, 0.3) is 0 Å². The number of benzene rings is 1. The summed E-state index contributed by atoms with van der Waals surface area (Å²) in [5.74, 6) is 0.448. The van der Waals surface area contributed by atoms with Crippen molar-refractivity contribution in [3.05, 3.63) is 29.3 Å². The molecular formula is C12H16CaO4. The summed E-state index contributed by atoms with van der Waals surface area (Å²) in [7, 11) is 0. The van der Waals surface area contributed by atoms with Crippen LogP contribution in [0.1, 0.15) is 30.9 Å². The number of carbonyl (C=O) groups is 1. The molecule has 0 aliphatic rings.